The second-order valence-corrected chi connectivity index (χ2v) is 6.55. The van der Waals surface area contributed by atoms with Crippen LogP contribution in [0, 0.1) is 0 Å². The summed E-state index contributed by atoms with van der Waals surface area (Å²) in [7, 11) is 2.17. The summed E-state index contributed by atoms with van der Waals surface area (Å²) in [5.74, 6) is 0.370. The molecule has 1 saturated heterocycles. The van der Waals surface area contributed by atoms with Gasteiger partial charge in [-0.3, -0.25) is 9.80 Å². The third-order valence-electron chi connectivity index (χ3n) is 3.86. The van der Waals surface area contributed by atoms with E-state index in [-0.39, 0.29) is 5.54 Å². The van der Waals surface area contributed by atoms with E-state index in [0.717, 1.165) is 36.2 Å². The van der Waals surface area contributed by atoms with Crippen LogP contribution >= 0.6 is 15.9 Å². The summed E-state index contributed by atoms with van der Waals surface area (Å²) in [5, 5.41) is 10.0. The van der Waals surface area contributed by atoms with Crippen molar-refractivity contribution in [1.29, 1.82) is 0 Å². The van der Waals surface area contributed by atoms with Gasteiger partial charge in [0, 0.05) is 37.3 Å². The molecule has 1 aromatic rings. The number of hydrogen-bond acceptors (Lipinski definition) is 3. The summed E-state index contributed by atoms with van der Waals surface area (Å²) in [6.45, 7) is 8.48. The van der Waals surface area contributed by atoms with Crippen molar-refractivity contribution < 1.29 is 5.11 Å². The van der Waals surface area contributed by atoms with Gasteiger partial charge in [0.05, 0.1) is 4.47 Å². The van der Waals surface area contributed by atoms with Gasteiger partial charge in [-0.05, 0) is 42.9 Å². The minimum absolute atomic E-state index is 0.194. The number of hydrogen-bond donors (Lipinski definition) is 1. The van der Waals surface area contributed by atoms with Crippen molar-refractivity contribution >= 4 is 15.9 Å². The zero-order chi connectivity index (χ0) is 13.3. The Bertz CT molecular complexity index is 434. The molecule has 0 radical (unpaired) electrons. The highest BCUT2D eigenvalue weighted by Gasteiger charge is 2.31. The Balaban J connectivity index is 2.09. The summed E-state index contributed by atoms with van der Waals surface area (Å²) in [6.07, 6.45) is 0. The summed E-state index contributed by atoms with van der Waals surface area (Å²) in [5.41, 5.74) is 1.18. The maximum absolute atomic E-state index is 10.0. The van der Waals surface area contributed by atoms with Crippen LogP contribution in [0.5, 0.6) is 5.75 Å². The van der Waals surface area contributed by atoms with Gasteiger partial charge in [0.1, 0.15) is 5.75 Å². The predicted octanol–water partition coefficient (Wildman–Crippen LogP) is 2.68. The van der Waals surface area contributed by atoms with Crippen LogP contribution in [0.4, 0.5) is 0 Å². The number of nitrogens with zero attached hydrogens (tertiary/aromatic N) is 2. The standard InChI is InChI=1S/C14H21BrN2O/c1-14(2)10-17(8-7-16(14)3)9-11-5-4-6-12(15)13(11)18/h4-6,18H,7-10H2,1-3H3. The van der Waals surface area contributed by atoms with Crippen molar-refractivity contribution in [3.63, 3.8) is 0 Å². The van der Waals surface area contributed by atoms with Crippen molar-refractivity contribution in [2.45, 2.75) is 25.9 Å². The topological polar surface area (TPSA) is 26.7 Å². The second kappa shape index (κ2) is 5.19. The Morgan fingerprint density at radius 2 is 2.06 bits per heavy atom. The molecule has 1 aliphatic rings. The van der Waals surface area contributed by atoms with E-state index in [2.05, 4.69) is 46.6 Å². The molecule has 1 heterocycles. The van der Waals surface area contributed by atoms with Gasteiger partial charge in [0.15, 0.2) is 0 Å². The van der Waals surface area contributed by atoms with Crippen LogP contribution in [0.25, 0.3) is 0 Å². The highest BCUT2D eigenvalue weighted by atomic mass is 79.9. The smallest absolute Gasteiger partial charge is 0.134 e. The van der Waals surface area contributed by atoms with Gasteiger partial charge in [-0.1, -0.05) is 12.1 Å². The normalized spacial score (nSPS) is 21.1. The highest BCUT2D eigenvalue weighted by Crippen LogP contribution is 2.29. The lowest BCUT2D eigenvalue weighted by Gasteiger charge is -2.45. The highest BCUT2D eigenvalue weighted by molar-refractivity contribution is 9.10. The molecule has 1 N–H and O–H groups in total. The Labute approximate surface area is 118 Å². The van der Waals surface area contributed by atoms with Crippen LogP contribution in [0.2, 0.25) is 0 Å². The Morgan fingerprint density at radius 3 is 2.72 bits per heavy atom. The Kier molecular flexibility index (Phi) is 3.99. The summed E-state index contributed by atoms with van der Waals surface area (Å²) < 4.78 is 0.772. The van der Waals surface area contributed by atoms with Gasteiger partial charge in [0.2, 0.25) is 0 Å². The van der Waals surface area contributed by atoms with E-state index in [1.807, 2.05) is 18.2 Å². The van der Waals surface area contributed by atoms with Crippen molar-refractivity contribution in [1.82, 2.24) is 9.80 Å². The van der Waals surface area contributed by atoms with Crippen molar-refractivity contribution in [3.05, 3.63) is 28.2 Å². The zero-order valence-electron chi connectivity index (χ0n) is 11.3. The van der Waals surface area contributed by atoms with Crippen molar-refractivity contribution in [2.24, 2.45) is 0 Å². The molecule has 0 unspecified atom stereocenters. The third-order valence-corrected chi connectivity index (χ3v) is 4.50. The first-order chi connectivity index (χ1) is 8.40. The van der Waals surface area contributed by atoms with E-state index in [0.29, 0.717) is 5.75 Å². The number of piperazine rings is 1. The van der Waals surface area contributed by atoms with E-state index in [9.17, 15) is 5.11 Å². The average Bonchev–Trinajstić information content (AvgIpc) is 2.29. The molecular weight excluding hydrogens is 292 g/mol. The molecule has 2 rings (SSSR count). The van der Waals surface area contributed by atoms with Gasteiger partial charge in [-0.15, -0.1) is 0 Å². The second-order valence-electron chi connectivity index (χ2n) is 5.69. The average molecular weight is 313 g/mol. The van der Waals surface area contributed by atoms with Gasteiger partial charge in [-0.2, -0.15) is 0 Å². The van der Waals surface area contributed by atoms with Gasteiger partial charge in [0.25, 0.3) is 0 Å². The minimum atomic E-state index is 0.194. The number of aromatic hydroxyl groups is 1. The lowest BCUT2D eigenvalue weighted by atomic mass is 9.99. The molecule has 4 heteroatoms. The molecule has 3 nitrogen and oxygen atoms in total. The molecule has 18 heavy (non-hydrogen) atoms. The van der Waals surface area contributed by atoms with E-state index in [4.69, 9.17) is 0 Å². The molecule has 1 fully saturated rings. The summed E-state index contributed by atoms with van der Waals surface area (Å²) in [4.78, 5) is 4.80. The molecule has 0 saturated carbocycles. The fourth-order valence-corrected chi connectivity index (χ4v) is 2.81. The van der Waals surface area contributed by atoms with Crippen LogP contribution in [-0.2, 0) is 6.54 Å². The number of rotatable bonds is 2. The largest absolute Gasteiger partial charge is 0.506 e. The summed E-state index contributed by atoms with van der Waals surface area (Å²) >= 11 is 3.37. The maximum Gasteiger partial charge on any atom is 0.134 e. The first-order valence-electron chi connectivity index (χ1n) is 6.30. The Hall–Kier alpha value is -0.580. The molecular formula is C14H21BrN2O. The number of benzene rings is 1. The fourth-order valence-electron chi connectivity index (χ4n) is 2.40. The first kappa shape index (κ1) is 13.8. The van der Waals surface area contributed by atoms with Gasteiger partial charge in [-0.25, -0.2) is 0 Å². The predicted molar refractivity (Wildman–Crippen MR) is 77.8 cm³/mol. The van der Waals surface area contributed by atoms with Crippen molar-refractivity contribution in [2.75, 3.05) is 26.7 Å². The fraction of sp³-hybridized carbons (Fsp3) is 0.571. The number of likely N-dealkylation sites (N-methyl/N-ethyl adjacent to an activating group) is 1. The Morgan fingerprint density at radius 1 is 1.33 bits per heavy atom. The molecule has 1 aromatic carbocycles. The van der Waals surface area contributed by atoms with E-state index < -0.39 is 0 Å². The van der Waals surface area contributed by atoms with Crippen LogP contribution in [0.15, 0.2) is 22.7 Å². The molecule has 0 aromatic heterocycles. The van der Waals surface area contributed by atoms with Crippen LogP contribution in [0.3, 0.4) is 0 Å². The lowest BCUT2D eigenvalue weighted by Crippen LogP contribution is -2.57. The SMILES string of the molecule is CN1CCN(Cc2cccc(Br)c2O)CC1(C)C. The number of phenols is 1. The molecule has 0 aliphatic carbocycles. The van der Waals surface area contributed by atoms with Gasteiger partial charge < -0.3 is 5.11 Å². The number of halogens is 1. The molecule has 1 aliphatic heterocycles. The van der Waals surface area contributed by atoms with E-state index >= 15 is 0 Å². The lowest BCUT2D eigenvalue weighted by molar-refractivity contribution is 0.0356. The molecule has 0 bridgehead atoms. The van der Waals surface area contributed by atoms with E-state index in [1.165, 1.54) is 0 Å². The van der Waals surface area contributed by atoms with Crippen LogP contribution in [-0.4, -0.2) is 47.1 Å². The zero-order valence-corrected chi connectivity index (χ0v) is 12.9. The molecule has 0 atom stereocenters. The van der Waals surface area contributed by atoms with E-state index in [1.54, 1.807) is 0 Å². The molecule has 0 amide bonds. The van der Waals surface area contributed by atoms with Crippen molar-refractivity contribution in [3.8, 4) is 5.75 Å². The first-order valence-corrected chi connectivity index (χ1v) is 7.09. The molecule has 0 spiro atoms. The maximum atomic E-state index is 10.0. The number of phenolic OH excluding ortho intramolecular Hbond substituents is 1. The van der Waals surface area contributed by atoms with Gasteiger partial charge >= 0.3 is 0 Å². The van der Waals surface area contributed by atoms with Crippen LogP contribution in [0.1, 0.15) is 19.4 Å². The number of para-hydroxylation sites is 1. The summed E-state index contributed by atoms with van der Waals surface area (Å²) in [6, 6.07) is 5.83. The van der Waals surface area contributed by atoms with Crippen LogP contribution < -0.4 is 0 Å². The third kappa shape index (κ3) is 2.87. The monoisotopic (exact) mass is 312 g/mol. The molecule has 100 valence electrons. The minimum Gasteiger partial charge on any atom is -0.506 e. The quantitative estimate of drug-likeness (QED) is 0.909.